The number of benzene rings is 1. The van der Waals surface area contributed by atoms with E-state index in [4.69, 9.17) is 21.1 Å². The van der Waals surface area contributed by atoms with E-state index in [2.05, 4.69) is 25.8 Å². The summed E-state index contributed by atoms with van der Waals surface area (Å²) in [6.45, 7) is 6.77. The summed E-state index contributed by atoms with van der Waals surface area (Å²) >= 11 is 5.62. The molecule has 4 heteroatoms. The van der Waals surface area contributed by atoms with E-state index >= 15 is 0 Å². The molecule has 1 unspecified atom stereocenters. The Bertz CT molecular complexity index is 691. The standard InChI is InChI=1S/C21H24ClNO2/c1-21(2,3)20(24-14-8-12-22)19(15-17-9-7-13-23-16-17)25-18-10-5-4-6-11-18/h4-13,15-16,20H,14H2,1-3H3/b12-8+,19-15+. The second-order valence-electron chi connectivity index (χ2n) is 6.69. The van der Waals surface area contributed by atoms with Gasteiger partial charge in [-0.25, -0.2) is 0 Å². The molecule has 25 heavy (non-hydrogen) atoms. The largest absolute Gasteiger partial charge is 0.459 e. The predicted molar refractivity (Wildman–Crippen MR) is 103 cm³/mol. The van der Waals surface area contributed by atoms with Gasteiger partial charge in [-0.1, -0.05) is 56.6 Å². The van der Waals surface area contributed by atoms with E-state index in [-0.39, 0.29) is 11.5 Å². The van der Waals surface area contributed by atoms with Crippen LogP contribution in [0.1, 0.15) is 26.3 Å². The van der Waals surface area contributed by atoms with Gasteiger partial charge in [-0.15, -0.1) is 0 Å². The number of nitrogens with zero attached hydrogens (tertiary/aromatic N) is 1. The first-order chi connectivity index (χ1) is 12.0. The molecule has 2 rings (SSSR count). The highest BCUT2D eigenvalue weighted by atomic mass is 35.5. The van der Waals surface area contributed by atoms with Crippen molar-refractivity contribution in [1.29, 1.82) is 0 Å². The molecule has 0 N–H and O–H groups in total. The molecule has 0 radical (unpaired) electrons. The van der Waals surface area contributed by atoms with Crippen LogP contribution in [-0.4, -0.2) is 17.7 Å². The smallest absolute Gasteiger partial charge is 0.134 e. The molecule has 0 saturated heterocycles. The van der Waals surface area contributed by atoms with Crippen LogP contribution in [0.15, 0.2) is 72.2 Å². The highest BCUT2D eigenvalue weighted by Crippen LogP contribution is 2.31. The minimum absolute atomic E-state index is 0.164. The van der Waals surface area contributed by atoms with Gasteiger partial charge in [-0.2, -0.15) is 0 Å². The molecule has 0 aliphatic carbocycles. The number of hydrogen-bond donors (Lipinski definition) is 0. The average molecular weight is 358 g/mol. The molecule has 1 aromatic heterocycles. The van der Waals surface area contributed by atoms with Crippen molar-refractivity contribution >= 4 is 17.7 Å². The van der Waals surface area contributed by atoms with Crippen molar-refractivity contribution in [3.8, 4) is 5.75 Å². The van der Waals surface area contributed by atoms with Crippen LogP contribution in [0, 0.1) is 5.41 Å². The van der Waals surface area contributed by atoms with Crippen LogP contribution in [0.2, 0.25) is 0 Å². The van der Waals surface area contributed by atoms with Crippen LogP contribution in [0.4, 0.5) is 0 Å². The van der Waals surface area contributed by atoms with E-state index in [0.717, 1.165) is 17.1 Å². The van der Waals surface area contributed by atoms with Crippen molar-refractivity contribution in [1.82, 2.24) is 4.98 Å². The Kier molecular flexibility index (Phi) is 7.23. The minimum Gasteiger partial charge on any atom is -0.459 e. The van der Waals surface area contributed by atoms with Crippen molar-refractivity contribution in [3.05, 3.63) is 77.8 Å². The maximum absolute atomic E-state index is 6.19. The molecular formula is C21H24ClNO2. The number of aromatic nitrogens is 1. The van der Waals surface area contributed by atoms with E-state index in [0.29, 0.717) is 6.61 Å². The summed E-state index contributed by atoms with van der Waals surface area (Å²) in [6, 6.07) is 13.6. The van der Waals surface area contributed by atoms with Gasteiger partial charge in [0.2, 0.25) is 0 Å². The lowest BCUT2D eigenvalue weighted by Gasteiger charge is -2.32. The molecule has 0 aliphatic rings. The number of para-hydroxylation sites is 1. The molecule has 2 aromatic rings. The van der Waals surface area contributed by atoms with Gasteiger partial charge in [-0.3, -0.25) is 4.98 Å². The maximum Gasteiger partial charge on any atom is 0.134 e. The highest BCUT2D eigenvalue weighted by molar-refractivity contribution is 6.25. The van der Waals surface area contributed by atoms with Crippen LogP contribution >= 0.6 is 11.6 Å². The van der Waals surface area contributed by atoms with Gasteiger partial charge in [0.25, 0.3) is 0 Å². The molecule has 3 nitrogen and oxygen atoms in total. The minimum atomic E-state index is -0.249. The zero-order valence-electron chi connectivity index (χ0n) is 14.9. The van der Waals surface area contributed by atoms with Crippen molar-refractivity contribution in [2.24, 2.45) is 5.41 Å². The van der Waals surface area contributed by atoms with E-state index < -0.39 is 0 Å². The van der Waals surface area contributed by atoms with Crippen molar-refractivity contribution in [3.63, 3.8) is 0 Å². The maximum atomic E-state index is 6.19. The summed E-state index contributed by atoms with van der Waals surface area (Å²) in [4.78, 5) is 4.17. The van der Waals surface area contributed by atoms with Crippen LogP contribution in [0.3, 0.4) is 0 Å². The van der Waals surface area contributed by atoms with E-state index in [1.165, 1.54) is 5.54 Å². The van der Waals surface area contributed by atoms with Crippen LogP contribution < -0.4 is 4.74 Å². The summed E-state index contributed by atoms with van der Waals surface area (Å²) in [7, 11) is 0. The van der Waals surface area contributed by atoms with Crippen LogP contribution in [0.5, 0.6) is 5.75 Å². The number of ether oxygens (including phenoxy) is 2. The van der Waals surface area contributed by atoms with Gasteiger partial charge in [0, 0.05) is 17.9 Å². The highest BCUT2D eigenvalue weighted by Gasteiger charge is 2.30. The van der Waals surface area contributed by atoms with Gasteiger partial charge < -0.3 is 9.47 Å². The molecule has 0 fully saturated rings. The fourth-order valence-electron chi connectivity index (χ4n) is 2.36. The number of pyridine rings is 1. The number of hydrogen-bond acceptors (Lipinski definition) is 3. The van der Waals surface area contributed by atoms with Crippen molar-refractivity contribution in [2.75, 3.05) is 6.61 Å². The third kappa shape index (κ3) is 6.37. The van der Waals surface area contributed by atoms with E-state index in [1.54, 1.807) is 18.5 Å². The van der Waals surface area contributed by atoms with E-state index in [9.17, 15) is 0 Å². The topological polar surface area (TPSA) is 31.4 Å². The zero-order chi connectivity index (χ0) is 18.1. The SMILES string of the molecule is CC(C)(C)C(OC/C=C/Cl)/C(=C\c1cccnc1)Oc1ccccc1. The second-order valence-corrected chi connectivity index (χ2v) is 6.94. The molecule has 0 saturated carbocycles. The fraction of sp³-hybridized carbons (Fsp3) is 0.286. The Labute approximate surface area is 155 Å². The first-order valence-electron chi connectivity index (χ1n) is 8.22. The number of rotatable bonds is 7. The fourth-order valence-corrected chi connectivity index (χ4v) is 2.43. The van der Waals surface area contributed by atoms with Gasteiger partial charge in [-0.05, 0) is 41.3 Å². The van der Waals surface area contributed by atoms with E-state index in [1.807, 2.05) is 48.5 Å². The quantitative estimate of drug-likeness (QED) is 0.597. The molecule has 0 bridgehead atoms. The molecular weight excluding hydrogens is 334 g/mol. The lowest BCUT2D eigenvalue weighted by atomic mass is 9.87. The predicted octanol–water partition coefficient (Wildman–Crippen LogP) is 5.69. The summed E-state index contributed by atoms with van der Waals surface area (Å²) in [5.74, 6) is 1.50. The average Bonchev–Trinajstić information content (AvgIpc) is 2.59. The van der Waals surface area contributed by atoms with Crippen LogP contribution in [0.25, 0.3) is 6.08 Å². The van der Waals surface area contributed by atoms with Crippen molar-refractivity contribution < 1.29 is 9.47 Å². The van der Waals surface area contributed by atoms with Gasteiger partial charge >= 0.3 is 0 Å². The monoisotopic (exact) mass is 357 g/mol. The molecule has 0 aliphatic heterocycles. The van der Waals surface area contributed by atoms with Crippen molar-refractivity contribution in [2.45, 2.75) is 26.9 Å². The lowest BCUT2D eigenvalue weighted by molar-refractivity contribution is 0.00170. The van der Waals surface area contributed by atoms with Crippen LogP contribution in [-0.2, 0) is 4.74 Å². The Morgan fingerprint density at radius 3 is 2.52 bits per heavy atom. The first kappa shape index (κ1) is 19.2. The van der Waals surface area contributed by atoms with Gasteiger partial charge in [0.1, 0.15) is 17.6 Å². The Balaban J connectivity index is 2.38. The van der Waals surface area contributed by atoms with Gasteiger partial charge in [0.15, 0.2) is 0 Å². The first-order valence-corrected chi connectivity index (χ1v) is 8.65. The normalized spacial score (nSPS) is 13.8. The Hall–Kier alpha value is -2.10. The number of halogens is 1. The molecule has 0 amide bonds. The summed E-state index contributed by atoms with van der Waals surface area (Å²) in [6.07, 6.45) is 7.04. The third-order valence-electron chi connectivity index (χ3n) is 3.47. The molecule has 1 aromatic carbocycles. The molecule has 132 valence electrons. The Morgan fingerprint density at radius 2 is 1.92 bits per heavy atom. The second kappa shape index (κ2) is 9.40. The summed E-state index contributed by atoms with van der Waals surface area (Å²) < 4.78 is 12.3. The molecule has 1 heterocycles. The Morgan fingerprint density at radius 1 is 1.16 bits per heavy atom. The molecule has 0 spiro atoms. The van der Waals surface area contributed by atoms with Gasteiger partial charge in [0.05, 0.1) is 6.61 Å². The molecule has 1 atom stereocenters. The third-order valence-corrected chi connectivity index (χ3v) is 3.64. The lowest BCUT2D eigenvalue weighted by Crippen LogP contribution is -2.33. The summed E-state index contributed by atoms with van der Waals surface area (Å²) in [5.41, 5.74) is 2.25. The zero-order valence-corrected chi connectivity index (χ0v) is 15.6. The summed E-state index contributed by atoms with van der Waals surface area (Å²) in [5, 5.41) is 0.